The average molecular weight is 490 g/mol. The van der Waals surface area contributed by atoms with E-state index in [1.807, 2.05) is 0 Å². The van der Waals surface area contributed by atoms with E-state index in [1.54, 1.807) is 11.9 Å². The van der Waals surface area contributed by atoms with Crippen LogP contribution in [0.25, 0.3) is 0 Å². The molecule has 6 heteroatoms. The van der Waals surface area contributed by atoms with Gasteiger partial charge in [-0.3, -0.25) is 10.2 Å². The van der Waals surface area contributed by atoms with Gasteiger partial charge in [-0.05, 0) is 62.1 Å². The summed E-state index contributed by atoms with van der Waals surface area (Å²) in [6.45, 7) is 1.32. The van der Waals surface area contributed by atoms with Crippen LogP contribution in [0.3, 0.4) is 0 Å². The highest BCUT2D eigenvalue weighted by molar-refractivity contribution is 7.95. The Kier molecular flexibility index (Phi) is 10.3. The number of amides is 1. The minimum absolute atomic E-state index is 0.0332. The lowest BCUT2D eigenvalue weighted by Gasteiger charge is -2.27. The number of unbranched alkanes of at least 4 members (excludes halogenated alkanes) is 2. The van der Waals surface area contributed by atoms with Gasteiger partial charge in [0.05, 0.1) is 6.16 Å². The van der Waals surface area contributed by atoms with Crippen molar-refractivity contribution in [2.45, 2.75) is 32.1 Å². The molecule has 35 heavy (non-hydrogen) atoms. The quantitative estimate of drug-likeness (QED) is 0.148. The van der Waals surface area contributed by atoms with E-state index in [4.69, 9.17) is 11.1 Å². The Labute approximate surface area is 210 Å². The van der Waals surface area contributed by atoms with Gasteiger partial charge in [0.1, 0.15) is 23.2 Å². The second-order valence-corrected chi connectivity index (χ2v) is 12.5. The van der Waals surface area contributed by atoms with Crippen LogP contribution in [0.5, 0.6) is 0 Å². The summed E-state index contributed by atoms with van der Waals surface area (Å²) in [5.41, 5.74) is 5.43. The molecule has 0 bridgehead atoms. The molecule has 0 aliphatic carbocycles. The molecule has 5 nitrogen and oxygen atoms in total. The monoisotopic (exact) mass is 489 g/mol. The van der Waals surface area contributed by atoms with E-state index < -0.39 is 7.26 Å². The highest BCUT2D eigenvalue weighted by atomic mass is 31.2. The maximum atomic E-state index is 12.1. The summed E-state index contributed by atoms with van der Waals surface area (Å²) in [6.07, 6.45) is 5.41. The van der Waals surface area contributed by atoms with Gasteiger partial charge >= 0.3 is 0 Å². The number of guanidine groups is 1. The van der Waals surface area contributed by atoms with E-state index in [0.29, 0.717) is 25.9 Å². The Bertz CT molecular complexity index is 947. The zero-order chi connectivity index (χ0) is 24.9. The maximum absolute atomic E-state index is 12.1. The summed E-state index contributed by atoms with van der Waals surface area (Å²) in [5, 5.41) is 14.7. The Morgan fingerprint density at radius 3 is 1.74 bits per heavy atom. The van der Waals surface area contributed by atoms with E-state index in [-0.39, 0.29) is 11.9 Å². The molecule has 0 aliphatic heterocycles. The molecule has 1 amide bonds. The molecule has 0 heterocycles. The van der Waals surface area contributed by atoms with Gasteiger partial charge in [0.2, 0.25) is 5.91 Å². The van der Waals surface area contributed by atoms with Crippen molar-refractivity contribution in [2.75, 3.05) is 26.3 Å². The van der Waals surface area contributed by atoms with Crippen molar-refractivity contribution in [2.24, 2.45) is 5.73 Å². The molecule has 3 aromatic rings. The van der Waals surface area contributed by atoms with Crippen LogP contribution in [-0.2, 0) is 4.79 Å². The molecule has 0 unspecified atom stereocenters. The number of rotatable bonds is 13. The largest absolute Gasteiger partial charge is 0.370 e. The van der Waals surface area contributed by atoms with Crippen LogP contribution in [-0.4, -0.2) is 43.1 Å². The second kappa shape index (κ2) is 13.7. The molecule has 0 aliphatic rings. The van der Waals surface area contributed by atoms with Crippen LogP contribution >= 0.6 is 7.26 Å². The number of carbonyl (C=O) groups excluding carboxylic acids is 1. The molecule has 0 saturated carbocycles. The molecule has 3 aromatic carbocycles. The Morgan fingerprint density at radius 2 is 1.29 bits per heavy atom. The SMILES string of the molecule is CN(CCCC(=O)NCCCCC[P+](c1ccccc1)(c1ccccc1)c1ccccc1)C(=N)N. The van der Waals surface area contributed by atoms with E-state index in [2.05, 4.69) is 96.3 Å². The van der Waals surface area contributed by atoms with Crippen molar-refractivity contribution in [1.29, 1.82) is 5.41 Å². The van der Waals surface area contributed by atoms with Gasteiger partial charge in [-0.15, -0.1) is 0 Å². The van der Waals surface area contributed by atoms with Crippen molar-refractivity contribution < 1.29 is 4.79 Å². The third-order valence-corrected chi connectivity index (χ3v) is 10.9. The van der Waals surface area contributed by atoms with Crippen LogP contribution in [0, 0.1) is 5.41 Å². The lowest BCUT2D eigenvalue weighted by molar-refractivity contribution is -0.121. The Balaban J connectivity index is 1.61. The molecule has 0 fully saturated rings. The van der Waals surface area contributed by atoms with Crippen molar-refractivity contribution in [1.82, 2.24) is 10.2 Å². The third-order valence-electron chi connectivity index (χ3n) is 6.39. The van der Waals surface area contributed by atoms with Crippen molar-refractivity contribution in [3.63, 3.8) is 0 Å². The van der Waals surface area contributed by atoms with Crippen LogP contribution in [0.2, 0.25) is 0 Å². The minimum Gasteiger partial charge on any atom is -0.370 e. The van der Waals surface area contributed by atoms with Crippen LogP contribution < -0.4 is 27.0 Å². The van der Waals surface area contributed by atoms with Gasteiger partial charge in [-0.2, -0.15) is 0 Å². The molecular formula is C29H38N4OP+. The molecule has 4 N–H and O–H groups in total. The number of hydrogen-bond acceptors (Lipinski definition) is 2. The lowest BCUT2D eigenvalue weighted by Crippen LogP contribution is -2.34. The number of carbonyl (C=O) groups is 1. The number of hydrogen-bond donors (Lipinski definition) is 3. The van der Waals surface area contributed by atoms with E-state index in [0.717, 1.165) is 25.4 Å². The molecule has 0 radical (unpaired) electrons. The fourth-order valence-corrected chi connectivity index (χ4v) is 8.86. The first-order valence-corrected chi connectivity index (χ1v) is 14.4. The van der Waals surface area contributed by atoms with Gasteiger partial charge in [0.15, 0.2) is 5.96 Å². The zero-order valence-electron chi connectivity index (χ0n) is 20.7. The maximum Gasteiger partial charge on any atom is 0.220 e. The molecule has 0 atom stereocenters. The normalized spacial score (nSPS) is 11.1. The zero-order valence-corrected chi connectivity index (χ0v) is 21.6. The van der Waals surface area contributed by atoms with Gasteiger partial charge < -0.3 is 16.0 Å². The fourth-order valence-electron chi connectivity index (χ4n) is 4.45. The fraction of sp³-hybridized carbons (Fsp3) is 0.310. The average Bonchev–Trinajstić information content (AvgIpc) is 2.90. The number of benzene rings is 3. The first kappa shape index (κ1) is 26.4. The van der Waals surface area contributed by atoms with Crippen molar-refractivity contribution in [3.05, 3.63) is 91.0 Å². The molecule has 0 saturated heterocycles. The van der Waals surface area contributed by atoms with Gasteiger partial charge in [-0.1, -0.05) is 54.6 Å². The number of nitrogens with two attached hydrogens (primary N) is 1. The highest BCUT2D eigenvalue weighted by Crippen LogP contribution is 2.55. The molecule has 0 spiro atoms. The summed E-state index contributed by atoms with van der Waals surface area (Å²) in [6, 6.07) is 32.9. The van der Waals surface area contributed by atoms with Gasteiger partial charge in [-0.25, -0.2) is 0 Å². The summed E-state index contributed by atoms with van der Waals surface area (Å²) in [7, 11) is -0.00587. The van der Waals surface area contributed by atoms with Crippen LogP contribution in [0.4, 0.5) is 0 Å². The van der Waals surface area contributed by atoms with Gasteiger partial charge in [0, 0.05) is 26.6 Å². The predicted octanol–water partition coefficient (Wildman–Crippen LogP) is 3.87. The highest BCUT2D eigenvalue weighted by Gasteiger charge is 2.44. The first-order chi connectivity index (χ1) is 17.0. The summed E-state index contributed by atoms with van der Waals surface area (Å²) in [4.78, 5) is 13.8. The molecule has 3 rings (SSSR count). The summed E-state index contributed by atoms with van der Waals surface area (Å²) < 4.78 is 0. The van der Waals surface area contributed by atoms with Gasteiger partial charge in [0.25, 0.3) is 0 Å². The van der Waals surface area contributed by atoms with Crippen molar-refractivity contribution >= 4 is 35.0 Å². The third kappa shape index (κ3) is 7.40. The van der Waals surface area contributed by atoms with Crippen LogP contribution in [0.1, 0.15) is 32.1 Å². The first-order valence-electron chi connectivity index (χ1n) is 12.4. The predicted molar refractivity (Wildman–Crippen MR) is 151 cm³/mol. The lowest BCUT2D eigenvalue weighted by atomic mass is 10.2. The minimum atomic E-state index is -1.77. The number of nitrogens with one attached hydrogen (secondary N) is 2. The number of nitrogens with zero attached hydrogens (tertiary/aromatic N) is 1. The standard InChI is InChI=1S/C29H37N4OP/c1-33(29(30)31)23-14-21-28(34)32-22-12-5-13-24-35(25-15-6-2-7-16-25,26-17-8-3-9-18-26)27-19-10-4-11-20-27/h2-4,6-11,15-20H,5,12-14,21-24H2,1H3,(H3-,30,31,32,34)/p+1. The van der Waals surface area contributed by atoms with Crippen molar-refractivity contribution in [3.8, 4) is 0 Å². The Morgan fingerprint density at radius 1 is 0.800 bits per heavy atom. The second-order valence-electron chi connectivity index (χ2n) is 8.86. The summed E-state index contributed by atoms with van der Waals surface area (Å²) in [5.74, 6) is 0.104. The van der Waals surface area contributed by atoms with E-state index in [1.165, 1.54) is 15.9 Å². The summed E-state index contributed by atoms with van der Waals surface area (Å²) >= 11 is 0. The molecular weight excluding hydrogens is 451 g/mol. The van der Waals surface area contributed by atoms with E-state index >= 15 is 0 Å². The Hall–Kier alpha value is -3.17. The topological polar surface area (TPSA) is 82.2 Å². The molecule has 184 valence electrons. The smallest absolute Gasteiger partial charge is 0.220 e. The van der Waals surface area contributed by atoms with E-state index in [9.17, 15) is 4.79 Å². The van der Waals surface area contributed by atoms with Crippen LogP contribution in [0.15, 0.2) is 91.0 Å². The molecule has 0 aromatic heterocycles.